The highest BCUT2D eigenvalue weighted by Gasteiger charge is 2.00. The molecule has 0 aliphatic heterocycles. The molecule has 5 heteroatoms. The second-order valence-electron chi connectivity index (χ2n) is 1.95. The van der Waals surface area contributed by atoms with Crippen molar-refractivity contribution in [2.75, 3.05) is 0 Å². The summed E-state index contributed by atoms with van der Waals surface area (Å²) in [6.45, 7) is 1.54. The van der Waals surface area contributed by atoms with Gasteiger partial charge in [0, 0.05) is 18.0 Å². The van der Waals surface area contributed by atoms with E-state index in [9.17, 15) is 4.79 Å². The Morgan fingerprint density at radius 2 is 2.55 bits per heavy atom. The molecule has 0 aliphatic rings. The molecule has 0 saturated carbocycles. The van der Waals surface area contributed by atoms with Gasteiger partial charge < -0.3 is 0 Å². The summed E-state index contributed by atoms with van der Waals surface area (Å²) < 4.78 is 6.48. The molecule has 0 aromatic carbocycles. The van der Waals surface area contributed by atoms with Gasteiger partial charge in [-0.2, -0.15) is 0 Å². The maximum Gasteiger partial charge on any atom is 0.161 e. The Balaban J connectivity index is 2.73. The van der Waals surface area contributed by atoms with Gasteiger partial charge >= 0.3 is 0 Å². The molecule has 1 aromatic rings. The lowest BCUT2D eigenvalue weighted by atomic mass is 10.2. The molecule has 1 rings (SSSR count). The topological polar surface area (TPSA) is 31.2 Å². The quantitative estimate of drug-likeness (QED) is 0.485. The van der Waals surface area contributed by atoms with Gasteiger partial charge in [0.05, 0.1) is 0 Å². The first-order valence-corrected chi connectivity index (χ1v) is 4.46. The maximum atomic E-state index is 10.8. The van der Waals surface area contributed by atoms with Gasteiger partial charge in [0.1, 0.15) is 35.2 Å². The van der Waals surface area contributed by atoms with Gasteiger partial charge in [0.15, 0.2) is 5.78 Å². The van der Waals surface area contributed by atoms with Crippen molar-refractivity contribution < 1.29 is 7.31 Å². The minimum Gasteiger partial charge on any atom is -0.294 e. The number of nitrogens with zero attached hydrogens (tertiary/aromatic N) is 1. The van der Waals surface area contributed by atoms with Crippen LogP contribution in [0.15, 0.2) is 18.5 Å². The average molecular weight is 283 g/mol. The second-order valence-corrected chi connectivity index (χ2v) is 3.73. The molecule has 11 heavy (non-hydrogen) atoms. The van der Waals surface area contributed by atoms with Crippen LogP contribution >= 0.6 is 35.2 Å². The van der Waals surface area contributed by atoms with Crippen LogP contribution in [-0.4, -0.2) is 9.76 Å². The third kappa shape index (κ3) is 2.49. The van der Waals surface area contributed by atoms with Crippen LogP contribution in [0.5, 0.6) is 0 Å². The fourth-order valence-corrected chi connectivity index (χ4v) is 1.55. The molecular weight excluding hydrogens is 277 g/mol. The van der Waals surface area contributed by atoms with Gasteiger partial charge in [-0.05, 0) is 13.0 Å². The largest absolute Gasteiger partial charge is 0.294 e. The lowest BCUT2D eigenvalue weighted by Gasteiger charge is -1.92. The van der Waals surface area contributed by atoms with Crippen molar-refractivity contribution in [3.8, 4) is 0 Å². The molecule has 0 N–H and O–H groups in total. The van der Waals surface area contributed by atoms with Crippen LogP contribution in [0.25, 0.3) is 0 Å². The predicted octanol–water partition coefficient (Wildman–Crippen LogP) is 2.47. The summed E-state index contributed by atoms with van der Waals surface area (Å²) in [6.07, 6.45) is 3.51. The third-order valence-electron chi connectivity index (χ3n) is 1.19. The fourth-order valence-electron chi connectivity index (χ4n) is 0.664. The van der Waals surface area contributed by atoms with E-state index in [0.717, 1.165) is 12.2 Å². The van der Waals surface area contributed by atoms with E-state index in [2.05, 4.69) is 0 Å². The van der Waals surface area contributed by atoms with Crippen LogP contribution in [-0.2, 0) is 2.51 Å². The first kappa shape index (κ1) is 9.08. The Morgan fingerprint density at radius 1 is 1.82 bits per heavy atom. The minimum absolute atomic E-state index is 0.0674. The van der Waals surface area contributed by atoms with Gasteiger partial charge in [-0.25, -0.2) is 2.51 Å². The standard InChI is InChI=1S/C6H6INO2S/c1-5(9)6-2-3-8(4-6)11-10-7/h2-4H,1H3. The highest BCUT2D eigenvalue weighted by molar-refractivity contribution is 14.1. The normalized spacial score (nSPS) is 10.0. The summed E-state index contributed by atoms with van der Waals surface area (Å²) in [6, 6.07) is 1.75. The minimum atomic E-state index is 0.0674. The van der Waals surface area contributed by atoms with Crippen molar-refractivity contribution in [1.82, 2.24) is 3.97 Å². The Hall–Kier alpha value is -0.0100. The molecule has 0 spiro atoms. The molecule has 0 atom stereocenters. The van der Waals surface area contributed by atoms with Gasteiger partial charge in [-0.15, -0.1) is 0 Å². The number of ketones is 1. The zero-order valence-corrected chi connectivity index (χ0v) is 8.76. The van der Waals surface area contributed by atoms with Crippen LogP contribution in [0.3, 0.4) is 0 Å². The molecule has 1 heterocycles. The number of rotatable bonds is 3. The molecule has 0 unspecified atom stereocenters. The molecule has 0 amide bonds. The van der Waals surface area contributed by atoms with Crippen LogP contribution in [0, 0.1) is 0 Å². The number of carbonyl (C=O) groups excluding carboxylic acids is 1. The van der Waals surface area contributed by atoms with E-state index in [1.54, 1.807) is 45.4 Å². The van der Waals surface area contributed by atoms with Crippen LogP contribution in [0.4, 0.5) is 0 Å². The molecule has 0 aliphatic carbocycles. The predicted molar refractivity (Wildman–Crippen MR) is 52.5 cm³/mol. The lowest BCUT2D eigenvalue weighted by molar-refractivity contribution is 0.101. The van der Waals surface area contributed by atoms with Crippen molar-refractivity contribution in [3.63, 3.8) is 0 Å². The smallest absolute Gasteiger partial charge is 0.161 e. The Kier molecular flexibility index (Phi) is 3.41. The molecule has 0 bridgehead atoms. The molecule has 60 valence electrons. The van der Waals surface area contributed by atoms with Gasteiger partial charge in [0.2, 0.25) is 0 Å². The van der Waals surface area contributed by atoms with Gasteiger partial charge in [-0.1, -0.05) is 0 Å². The van der Waals surface area contributed by atoms with Crippen LogP contribution in [0.2, 0.25) is 0 Å². The van der Waals surface area contributed by atoms with Crippen LogP contribution in [0.1, 0.15) is 17.3 Å². The van der Waals surface area contributed by atoms with Crippen molar-refractivity contribution >= 4 is 41.0 Å². The SMILES string of the molecule is CC(=O)c1ccn(SOI)c1. The van der Waals surface area contributed by atoms with E-state index in [0.29, 0.717) is 5.56 Å². The molecular formula is C6H6INO2S. The Bertz CT molecular complexity index is 261. The maximum absolute atomic E-state index is 10.8. The molecule has 3 nitrogen and oxygen atoms in total. The Labute approximate surface area is 83.1 Å². The number of hydrogen-bond donors (Lipinski definition) is 0. The fraction of sp³-hybridized carbons (Fsp3) is 0.167. The number of hydrogen-bond acceptors (Lipinski definition) is 3. The molecule has 0 fully saturated rings. The highest BCUT2D eigenvalue weighted by Crippen LogP contribution is 2.14. The van der Waals surface area contributed by atoms with E-state index in [-0.39, 0.29) is 5.78 Å². The zero-order valence-electron chi connectivity index (χ0n) is 5.78. The zero-order chi connectivity index (χ0) is 8.27. The molecule has 1 aromatic heterocycles. The Morgan fingerprint density at radius 3 is 3.00 bits per heavy atom. The first-order valence-electron chi connectivity index (χ1n) is 2.88. The van der Waals surface area contributed by atoms with Crippen LogP contribution < -0.4 is 0 Å². The lowest BCUT2D eigenvalue weighted by Crippen LogP contribution is -1.87. The van der Waals surface area contributed by atoms with E-state index < -0.39 is 0 Å². The average Bonchev–Trinajstić information content (AvgIpc) is 2.37. The van der Waals surface area contributed by atoms with Crippen molar-refractivity contribution in [3.05, 3.63) is 24.0 Å². The van der Waals surface area contributed by atoms with Gasteiger partial charge in [-0.3, -0.25) is 8.77 Å². The van der Waals surface area contributed by atoms with E-state index in [1.807, 2.05) is 0 Å². The summed E-state index contributed by atoms with van der Waals surface area (Å²) in [5, 5.41) is 0. The third-order valence-corrected chi connectivity index (χ3v) is 2.13. The highest BCUT2D eigenvalue weighted by atomic mass is 127. The number of halogens is 1. The van der Waals surface area contributed by atoms with Gasteiger partial charge in [0.25, 0.3) is 0 Å². The van der Waals surface area contributed by atoms with E-state index in [4.69, 9.17) is 2.51 Å². The molecule has 0 radical (unpaired) electrons. The number of carbonyl (C=O) groups is 1. The van der Waals surface area contributed by atoms with Crippen molar-refractivity contribution in [1.29, 1.82) is 0 Å². The number of aromatic nitrogens is 1. The second kappa shape index (κ2) is 4.13. The summed E-state index contributed by atoms with van der Waals surface area (Å²) in [4.78, 5) is 10.8. The summed E-state index contributed by atoms with van der Waals surface area (Å²) >= 11 is 2.94. The van der Waals surface area contributed by atoms with Crippen molar-refractivity contribution in [2.45, 2.75) is 6.92 Å². The summed E-state index contributed by atoms with van der Waals surface area (Å²) in [5.41, 5.74) is 0.700. The summed E-state index contributed by atoms with van der Waals surface area (Å²) in [7, 11) is 0. The van der Waals surface area contributed by atoms with Crippen molar-refractivity contribution in [2.24, 2.45) is 0 Å². The monoisotopic (exact) mass is 283 g/mol. The number of Topliss-reactive ketones (excluding diaryl/α,β-unsaturated/α-hetero) is 1. The van der Waals surface area contributed by atoms with E-state index in [1.165, 1.54) is 6.92 Å². The van der Waals surface area contributed by atoms with E-state index >= 15 is 0 Å². The summed E-state index contributed by atoms with van der Waals surface area (Å²) in [5.74, 6) is 0.0674. The molecule has 0 saturated heterocycles. The first-order chi connectivity index (χ1) is 5.24.